The van der Waals surface area contributed by atoms with Gasteiger partial charge in [-0.15, -0.1) is 0 Å². The molecular formula is C43H49N7O4S. The molecule has 286 valence electrons. The smallest absolute Gasteiger partial charge is 0.355 e. The largest absolute Gasteiger partial charge is 0.476 e. The number of benzene rings is 2. The Morgan fingerprint density at radius 3 is 2.55 bits per heavy atom. The van der Waals surface area contributed by atoms with Crippen LogP contribution in [0.25, 0.3) is 21.3 Å². The van der Waals surface area contributed by atoms with Crippen LogP contribution in [0.4, 0.5) is 10.9 Å². The molecule has 2 atom stereocenters. The molecule has 4 fully saturated rings. The number of amides is 1. The van der Waals surface area contributed by atoms with Crippen molar-refractivity contribution in [1.29, 1.82) is 0 Å². The molecule has 3 N–H and O–H groups in total. The first kappa shape index (κ1) is 36.0. The number of carboxylic acid groups (broad SMARTS) is 1. The van der Waals surface area contributed by atoms with Crippen molar-refractivity contribution in [2.24, 2.45) is 16.2 Å². The second-order valence-corrected chi connectivity index (χ2v) is 18.5. The molecule has 4 saturated carbocycles. The second kappa shape index (κ2) is 13.2. The number of fused-ring (bicyclic) bond motifs is 2. The monoisotopic (exact) mass is 759 g/mol. The Morgan fingerprint density at radius 2 is 1.78 bits per heavy atom. The van der Waals surface area contributed by atoms with Gasteiger partial charge in [0, 0.05) is 54.8 Å². The molecule has 55 heavy (non-hydrogen) atoms. The van der Waals surface area contributed by atoms with Crippen LogP contribution in [-0.2, 0) is 24.2 Å². The summed E-state index contributed by atoms with van der Waals surface area (Å²) in [4.78, 5) is 37.7. The Balaban J connectivity index is 1.09. The van der Waals surface area contributed by atoms with Crippen LogP contribution >= 0.6 is 11.3 Å². The number of carboxylic acids is 1. The Bertz CT molecular complexity index is 2280. The number of carbonyl (C=O) groups is 2. The number of para-hydroxylation sites is 1. The number of thiazole rings is 1. The van der Waals surface area contributed by atoms with Gasteiger partial charge in [-0.1, -0.05) is 55.5 Å². The van der Waals surface area contributed by atoms with Crippen LogP contribution in [0, 0.1) is 23.2 Å². The third-order valence-electron chi connectivity index (χ3n) is 12.7. The number of rotatable bonds is 11. The number of likely N-dealkylation sites (N-methyl/N-ethyl adjacent to an activating group) is 1. The van der Waals surface area contributed by atoms with Crippen LogP contribution in [0.15, 0.2) is 60.8 Å². The summed E-state index contributed by atoms with van der Waals surface area (Å²) in [6.45, 7) is 10.4. The lowest BCUT2D eigenvalue weighted by Crippen LogP contribution is -2.64. The van der Waals surface area contributed by atoms with Crippen molar-refractivity contribution < 1.29 is 19.4 Å². The summed E-state index contributed by atoms with van der Waals surface area (Å²) < 4.78 is 10.0. The molecule has 1 aliphatic heterocycles. The van der Waals surface area contributed by atoms with Crippen LogP contribution in [0.1, 0.15) is 90.0 Å². The van der Waals surface area contributed by atoms with Gasteiger partial charge in [-0.25, -0.2) is 14.8 Å². The quantitative estimate of drug-likeness (QED) is 0.116. The molecule has 5 aliphatic rings. The lowest BCUT2D eigenvalue weighted by Gasteiger charge is -2.69. The zero-order valence-electron chi connectivity index (χ0n) is 32.1. The van der Waals surface area contributed by atoms with Crippen molar-refractivity contribution in [3.05, 3.63) is 88.9 Å². The molecule has 0 radical (unpaired) electrons. The molecule has 2 unspecified atom stereocenters. The summed E-state index contributed by atoms with van der Waals surface area (Å²) in [5.41, 5.74) is 6.01. The van der Waals surface area contributed by atoms with Gasteiger partial charge in [-0.05, 0) is 111 Å². The third-order valence-corrected chi connectivity index (χ3v) is 13.6. The highest BCUT2D eigenvalue weighted by atomic mass is 32.1. The standard InChI is InChI=1S/C43H49N7O4S/c1-27-34(30-11-8-15-45-35(30)38(52)53)36(48-50(27)26-42-21-40(2)20-41(3,22-42)24-43(23-40,25-42)54-18-16-44-4)49-17-14-28-9-7-10-29(31(28)19-49)37(51)47-39-46-32-12-5-6-13-33(32)55-39/h5-13,15,44H,14,16-26H2,1-4H3,(H,52,53)(H,46,47,51). The molecule has 5 aromatic rings. The first-order valence-corrected chi connectivity index (χ1v) is 20.3. The minimum absolute atomic E-state index is 0.00579. The maximum atomic E-state index is 13.9. The molecule has 4 bridgehead atoms. The predicted octanol–water partition coefficient (Wildman–Crippen LogP) is 7.73. The SMILES string of the molecule is CNCCOC12CC3(C)CC(C)(CC(Cn4nc(N5CCc6cccc(C(=O)Nc7nc8ccccc8s7)c6C5)c(-c5cccnc5C(=O)O)c4C)(C3)C1)C2. The van der Waals surface area contributed by atoms with Crippen molar-refractivity contribution in [1.82, 2.24) is 25.1 Å². The number of nitrogens with one attached hydrogen (secondary N) is 2. The van der Waals surface area contributed by atoms with E-state index >= 15 is 0 Å². The summed E-state index contributed by atoms with van der Waals surface area (Å²) in [6, 6.07) is 17.4. The van der Waals surface area contributed by atoms with Gasteiger partial charge < -0.3 is 20.1 Å². The highest BCUT2D eigenvalue weighted by molar-refractivity contribution is 7.22. The van der Waals surface area contributed by atoms with Gasteiger partial charge in [0.05, 0.1) is 22.4 Å². The summed E-state index contributed by atoms with van der Waals surface area (Å²) in [5, 5.41) is 22.7. The topological polar surface area (TPSA) is 134 Å². The summed E-state index contributed by atoms with van der Waals surface area (Å²) >= 11 is 1.46. The summed E-state index contributed by atoms with van der Waals surface area (Å²) in [5.74, 6) is -0.550. The number of pyridine rings is 1. The molecule has 4 heterocycles. The fourth-order valence-electron chi connectivity index (χ4n) is 11.9. The zero-order valence-corrected chi connectivity index (χ0v) is 32.9. The van der Waals surface area contributed by atoms with E-state index in [1.165, 1.54) is 24.0 Å². The van der Waals surface area contributed by atoms with Crippen molar-refractivity contribution in [2.75, 3.05) is 37.0 Å². The molecule has 0 spiro atoms. The zero-order chi connectivity index (χ0) is 38.2. The third kappa shape index (κ3) is 6.41. The number of hydrogen-bond donors (Lipinski definition) is 3. The number of anilines is 2. The first-order chi connectivity index (χ1) is 26.4. The molecule has 10 rings (SSSR count). The Morgan fingerprint density at radius 1 is 0.982 bits per heavy atom. The van der Waals surface area contributed by atoms with Crippen LogP contribution < -0.4 is 15.5 Å². The van der Waals surface area contributed by atoms with Gasteiger partial charge in [0.1, 0.15) is 0 Å². The van der Waals surface area contributed by atoms with E-state index < -0.39 is 5.97 Å². The van der Waals surface area contributed by atoms with E-state index in [2.05, 4.69) is 57.0 Å². The van der Waals surface area contributed by atoms with Gasteiger partial charge in [0.25, 0.3) is 5.91 Å². The van der Waals surface area contributed by atoms with E-state index in [-0.39, 0.29) is 33.4 Å². The van der Waals surface area contributed by atoms with Gasteiger partial charge in [0.2, 0.25) is 0 Å². The van der Waals surface area contributed by atoms with E-state index in [0.717, 1.165) is 90.0 Å². The lowest BCUT2D eigenvalue weighted by molar-refractivity contribution is -0.247. The van der Waals surface area contributed by atoms with Gasteiger partial charge in [-0.2, -0.15) is 5.10 Å². The van der Waals surface area contributed by atoms with E-state index in [1.54, 1.807) is 6.07 Å². The lowest BCUT2D eigenvalue weighted by atomic mass is 9.39. The molecule has 2 aromatic carbocycles. The number of nitrogens with zero attached hydrogens (tertiary/aromatic N) is 5. The Hall–Kier alpha value is -4.65. The fourth-order valence-corrected chi connectivity index (χ4v) is 12.8. The number of hydrogen-bond acceptors (Lipinski definition) is 9. The minimum Gasteiger partial charge on any atom is -0.476 e. The number of carbonyl (C=O) groups excluding carboxylic acids is 1. The molecule has 12 heteroatoms. The Kier molecular flexibility index (Phi) is 8.67. The number of aromatic carboxylic acids is 1. The van der Waals surface area contributed by atoms with Crippen molar-refractivity contribution in [2.45, 2.75) is 84.4 Å². The predicted molar refractivity (Wildman–Crippen MR) is 215 cm³/mol. The molecular weight excluding hydrogens is 711 g/mol. The average molecular weight is 760 g/mol. The van der Waals surface area contributed by atoms with E-state index in [0.29, 0.717) is 36.0 Å². The first-order valence-electron chi connectivity index (χ1n) is 19.5. The van der Waals surface area contributed by atoms with Crippen molar-refractivity contribution in [3.8, 4) is 11.1 Å². The number of aromatic nitrogens is 4. The maximum Gasteiger partial charge on any atom is 0.355 e. The number of ether oxygens (including phenoxy) is 1. The van der Waals surface area contributed by atoms with E-state index in [1.807, 2.05) is 49.5 Å². The van der Waals surface area contributed by atoms with Crippen LogP contribution in [-0.4, -0.2) is 69.1 Å². The maximum absolute atomic E-state index is 13.9. The second-order valence-electron chi connectivity index (χ2n) is 17.5. The highest BCUT2D eigenvalue weighted by Gasteiger charge is 2.66. The normalized spacial score (nSPS) is 26.7. The van der Waals surface area contributed by atoms with E-state index in [4.69, 9.17) is 9.84 Å². The summed E-state index contributed by atoms with van der Waals surface area (Å²) in [6.07, 6.45) is 8.88. The molecule has 0 saturated heterocycles. The van der Waals surface area contributed by atoms with Crippen LogP contribution in [0.2, 0.25) is 0 Å². The van der Waals surface area contributed by atoms with Gasteiger partial charge >= 0.3 is 5.97 Å². The van der Waals surface area contributed by atoms with Gasteiger partial charge in [0.15, 0.2) is 16.6 Å². The van der Waals surface area contributed by atoms with Crippen molar-refractivity contribution in [3.63, 3.8) is 0 Å². The minimum atomic E-state index is -1.07. The molecule has 11 nitrogen and oxygen atoms in total. The summed E-state index contributed by atoms with van der Waals surface area (Å²) in [7, 11) is 1.97. The molecule has 1 amide bonds. The average Bonchev–Trinajstić information content (AvgIpc) is 3.68. The highest BCUT2D eigenvalue weighted by Crippen LogP contribution is 2.72. The van der Waals surface area contributed by atoms with Crippen molar-refractivity contribution >= 4 is 44.4 Å². The molecule has 4 aliphatic carbocycles. The fraction of sp³-hybridized carbons (Fsp3) is 0.465. The Labute approximate surface area is 325 Å². The van der Waals surface area contributed by atoms with Crippen LogP contribution in [0.5, 0.6) is 0 Å². The van der Waals surface area contributed by atoms with Gasteiger partial charge in [-0.3, -0.25) is 14.8 Å². The van der Waals surface area contributed by atoms with E-state index in [9.17, 15) is 14.7 Å². The molecule has 3 aromatic heterocycles. The van der Waals surface area contributed by atoms with Crippen LogP contribution in [0.3, 0.4) is 0 Å².